The minimum absolute atomic E-state index is 0.177. The fourth-order valence-corrected chi connectivity index (χ4v) is 4.57. The van der Waals surface area contributed by atoms with Crippen molar-refractivity contribution >= 4 is 22.2 Å². The number of fused-ring (bicyclic) bond motifs is 2. The van der Waals surface area contributed by atoms with E-state index in [9.17, 15) is 10.1 Å². The average Bonchev–Trinajstić information content (AvgIpc) is 3.18. The van der Waals surface area contributed by atoms with Crippen LogP contribution in [-0.4, -0.2) is 12.7 Å². The molecule has 1 aromatic heterocycles. The molecule has 0 radical (unpaired) electrons. The molecule has 0 spiro atoms. The topological polar surface area (TPSA) is 71.4 Å². The molecule has 2 aliphatic rings. The van der Waals surface area contributed by atoms with E-state index in [4.69, 9.17) is 9.47 Å². The molecule has 0 unspecified atom stereocenters. The van der Waals surface area contributed by atoms with Gasteiger partial charge in [-0.25, -0.2) is 0 Å². The molecule has 1 amide bonds. The summed E-state index contributed by atoms with van der Waals surface area (Å²) in [6, 6.07) is 7.41. The quantitative estimate of drug-likeness (QED) is 0.875. The number of nitrogens with zero attached hydrogens (tertiary/aromatic N) is 1. The lowest BCUT2D eigenvalue weighted by atomic mass is 9.97. The van der Waals surface area contributed by atoms with Crippen LogP contribution in [0, 0.1) is 11.3 Å². The maximum absolute atomic E-state index is 12.6. The van der Waals surface area contributed by atoms with Gasteiger partial charge in [0.25, 0.3) is 5.91 Å². The summed E-state index contributed by atoms with van der Waals surface area (Å²) in [5, 5.41) is 13.2. The van der Waals surface area contributed by atoms with Crippen LogP contribution in [0.1, 0.15) is 52.0 Å². The molecule has 5 nitrogen and oxygen atoms in total. The van der Waals surface area contributed by atoms with Crippen LogP contribution in [0.4, 0.5) is 5.00 Å². The van der Waals surface area contributed by atoms with Crippen molar-refractivity contribution in [2.24, 2.45) is 0 Å². The predicted molar refractivity (Wildman–Crippen MR) is 95.4 cm³/mol. The molecule has 2 heterocycles. The van der Waals surface area contributed by atoms with Gasteiger partial charge >= 0.3 is 0 Å². The van der Waals surface area contributed by atoms with Gasteiger partial charge in [0, 0.05) is 10.4 Å². The predicted octanol–water partition coefficient (Wildman–Crippen LogP) is 4.26. The fraction of sp³-hybridized carbons (Fsp3) is 0.368. The molecule has 1 aliphatic carbocycles. The Morgan fingerprint density at radius 1 is 1.12 bits per heavy atom. The summed E-state index contributed by atoms with van der Waals surface area (Å²) in [4.78, 5) is 13.9. The number of amides is 1. The monoisotopic (exact) mass is 354 g/mol. The van der Waals surface area contributed by atoms with Crippen molar-refractivity contribution in [1.29, 1.82) is 5.26 Å². The van der Waals surface area contributed by atoms with E-state index in [0.717, 1.165) is 31.2 Å². The van der Waals surface area contributed by atoms with Crippen molar-refractivity contribution in [1.82, 2.24) is 0 Å². The van der Waals surface area contributed by atoms with E-state index >= 15 is 0 Å². The number of nitrogens with one attached hydrogen (secondary N) is 1. The van der Waals surface area contributed by atoms with E-state index in [-0.39, 0.29) is 12.7 Å². The molecule has 1 aromatic carbocycles. The Morgan fingerprint density at radius 2 is 1.92 bits per heavy atom. The van der Waals surface area contributed by atoms with Crippen molar-refractivity contribution < 1.29 is 14.3 Å². The number of benzene rings is 1. The molecule has 0 fully saturated rings. The summed E-state index contributed by atoms with van der Waals surface area (Å²) in [5.41, 5.74) is 2.26. The molecule has 0 atom stereocenters. The van der Waals surface area contributed by atoms with Crippen LogP contribution in [0.5, 0.6) is 11.5 Å². The highest BCUT2D eigenvalue weighted by molar-refractivity contribution is 7.16. The maximum atomic E-state index is 12.6. The van der Waals surface area contributed by atoms with E-state index in [1.807, 2.05) is 0 Å². The van der Waals surface area contributed by atoms with E-state index in [2.05, 4.69) is 11.4 Å². The largest absolute Gasteiger partial charge is 0.454 e. The smallest absolute Gasteiger partial charge is 0.256 e. The van der Waals surface area contributed by atoms with Crippen LogP contribution >= 0.6 is 11.3 Å². The van der Waals surface area contributed by atoms with Crippen LogP contribution in [-0.2, 0) is 12.8 Å². The zero-order valence-electron chi connectivity index (χ0n) is 13.8. The first-order chi connectivity index (χ1) is 12.3. The number of carbonyl (C=O) groups is 1. The number of carbonyl (C=O) groups excluding carboxylic acids is 1. The number of thiophene rings is 1. The van der Waals surface area contributed by atoms with E-state index in [0.29, 0.717) is 27.6 Å². The normalized spacial score (nSPS) is 15.6. The van der Waals surface area contributed by atoms with E-state index < -0.39 is 0 Å². The highest BCUT2D eigenvalue weighted by atomic mass is 32.1. The zero-order chi connectivity index (χ0) is 17.2. The third-order valence-corrected chi connectivity index (χ3v) is 5.85. The summed E-state index contributed by atoms with van der Waals surface area (Å²) in [6.45, 7) is 0.177. The van der Waals surface area contributed by atoms with Crippen LogP contribution < -0.4 is 14.8 Å². The van der Waals surface area contributed by atoms with Crippen molar-refractivity contribution in [2.75, 3.05) is 12.1 Å². The van der Waals surface area contributed by atoms with Gasteiger partial charge in [0.05, 0.1) is 5.56 Å². The lowest BCUT2D eigenvalue weighted by Crippen LogP contribution is -2.11. The molecular formula is C19H18N2O3S. The number of rotatable bonds is 2. The second-order valence-corrected chi connectivity index (χ2v) is 7.36. The van der Waals surface area contributed by atoms with Crippen molar-refractivity contribution in [3.63, 3.8) is 0 Å². The third kappa shape index (κ3) is 3.08. The summed E-state index contributed by atoms with van der Waals surface area (Å²) in [7, 11) is 0. The first kappa shape index (κ1) is 16.0. The summed E-state index contributed by atoms with van der Waals surface area (Å²) >= 11 is 1.55. The number of ether oxygens (including phenoxy) is 2. The highest BCUT2D eigenvalue weighted by Crippen LogP contribution is 2.37. The van der Waals surface area contributed by atoms with Gasteiger partial charge in [-0.2, -0.15) is 5.26 Å². The molecule has 1 aliphatic heterocycles. The standard InChI is InChI=1S/C19H18N2O3S/c20-10-14-13-5-3-1-2-4-6-17(13)25-19(14)21-18(22)12-7-8-15-16(9-12)24-11-23-15/h7-9H,1-6,11H2,(H,21,22). The summed E-state index contributed by atoms with van der Waals surface area (Å²) < 4.78 is 10.6. The Bertz CT molecular complexity index is 866. The van der Waals surface area contributed by atoms with Crippen LogP contribution in [0.2, 0.25) is 0 Å². The van der Waals surface area contributed by atoms with Crippen LogP contribution in [0.25, 0.3) is 0 Å². The molecule has 25 heavy (non-hydrogen) atoms. The number of anilines is 1. The number of aryl methyl sites for hydroxylation is 1. The SMILES string of the molecule is N#Cc1c(NC(=O)c2ccc3c(c2)OCO3)sc2c1CCCCCC2. The number of hydrogen-bond donors (Lipinski definition) is 1. The molecule has 1 N–H and O–H groups in total. The average molecular weight is 354 g/mol. The maximum Gasteiger partial charge on any atom is 0.256 e. The molecule has 2 aromatic rings. The van der Waals surface area contributed by atoms with Gasteiger partial charge in [0.15, 0.2) is 11.5 Å². The second kappa shape index (κ2) is 6.77. The van der Waals surface area contributed by atoms with Gasteiger partial charge in [0.2, 0.25) is 6.79 Å². The van der Waals surface area contributed by atoms with Gasteiger partial charge in [-0.1, -0.05) is 12.8 Å². The summed E-state index contributed by atoms with van der Waals surface area (Å²) in [6.07, 6.45) is 6.61. The number of nitriles is 1. The van der Waals surface area contributed by atoms with Crippen LogP contribution in [0.15, 0.2) is 18.2 Å². The molecule has 0 saturated carbocycles. The first-order valence-electron chi connectivity index (χ1n) is 8.52. The first-order valence-corrected chi connectivity index (χ1v) is 9.33. The Balaban J connectivity index is 1.61. The Morgan fingerprint density at radius 3 is 2.76 bits per heavy atom. The molecule has 0 saturated heterocycles. The zero-order valence-corrected chi connectivity index (χ0v) is 14.6. The van der Waals surface area contributed by atoms with Gasteiger partial charge < -0.3 is 14.8 Å². The number of hydrogen-bond acceptors (Lipinski definition) is 5. The van der Waals surface area contributed by atoms with Gasteiger partial charge in [-0.3, -0.25) is 4.79 Å². The van der Waals surface area contributed by atoms with Crippen molar-refractivity contribution in [3.05, 3.63) is 39.8 Å². The molecule has 0 bridgehead atoms. The summed E-state index contributed by atoms with van der Waals surface area (Å²) in [5.74, 6) is 0.990. The molecular weight excluding hydrogens is 336 g/mol. The lowest BCUT2D eigenvalue weighted by molar-refractivity contribution is 0.102. The Kier molecular flexibility index (Phi) is 4.33. The second-order valence-electron chi connectivity index (χ2n) is 6.26. The Hall–Kier alpha value is -2.52. The molecule has 6 heteroatoms. The van der Waals surface area contributed by atoms with Crippen molar-refractivity contribution in [2.45, 2.75) is 38.5 Å². The third-order valence-electron chi connectivity index (χ3n) is 4.64. The van der Waals surface area contributed by atoms with Crippen molar-refractivity contribution in [3.8, 4) is 17.6 Å². The molecule has 128 valence electrons. The van der Waals surface area contributed by atoms with Gasteiger partial charge in [-0.05, 0) is 49.4 Å². The highest BCUT2D eigenvalue weighted by Gasteiger charge is 2.22. The van der Waals surface area contributed by atoms with Gasteiger partial charge in [-0.15, -0.1) is 11.3 Å². The lowest BCUT2D eigenvalue weighted by Gasteiger charge is -2.08. The Labute approximate surface area is 150 Å². The van der Waals surface area contributed by atoms with E-state index in [1.54, 1.807) is 29.5 Å². The minimum atomic E-state index is -0.232. The molecule has 4 rings (SSSR count). The fourth-order valence-electron chi connectivity index (χ4n) is 3.34. The van der Waals surface area contributed by atoms with Crippen LogP contribution in [0.3, 0.4) is 0 Å². The minimum Gasteiger partial charge on any atom is -0.454 e. The van der Waals surface area contributed by atoms with E-state index in [1.165, 1.54) is 17.7 Å². The van der Waals surface area contributed by atoms with Gasteiger partial charge in [0.1, 0.15) is 11.1 Å².